The molecule has 0 saturated carbocycles. The van der Waals surface area contributed by atoms with Gasteiger partial charge in [-0.1, -0.05) is 0 Å². The summed E-state index contributed by atoms with van der Waals surface area (Å²) in [7, 11) is 0. The summed E-state index contributed by atoms with van der Waals surface area (Å²) in [5, 5.41) is 37.2. The molecule has 9 heteroatoms. The number of aliphatic hydroxyl groups is 2. The van der Waals surface area contributed by atoms with Crippen LogP contribution in [-0.2, 0) is 6.54 Å². The van der Waals surface area contributed by atoms with Crippen molar-refractivity contribution in [1.82, 2.24) is 0 Å². The van der Waals surface area contributed by atoms with Crippen molar-refractivity contribution < 1.29 is 15.1 Å². The lowest BCUT2D eigenvalue weighted by atomic mass is 10.1. The van der Waals surface area contributed by atoms with Gasteiger partial charge in [-0.15, -0.1) is 0 Å². The van der Waals surface area contributed by atoms with Gasteiger partial charge in [-0.25, -0.2) is 0 Å². The highest BCUT2D eigenvalue weighted by Gasteiger charge is 2.10. The maximum Gasteiger partial charge on any atom is 0.269 e. The molecule has 0 amide bonds. The van der Waals surface area contributed by atoms with Crippen molar-refractivity contribution >= 4 is 22.7 Å². The normalized spacial score (nSPS) is 11.0. The van der Waals surface area contributed by atoms with Crippen LogP contribution in [-0.4, -0.2) is 41.4 Å². The van der Waals surface area contributed by atoms with Gasteiger partial charge in [0, 0.05) is 43.0 Å². The molecule has 4 N–H and O–H groups in total. The maximum absolute atomic E-state index is 10.8. The molecule has 26 heavy (non-hydrogen) atoms. The van der Waals surface area contributed by atoms with Crippen molar-refractivity contribution in [2.24, 2.45) is 16.0 Å². The second-order valence-corrected chi connectivity index (χ2v) is 5.42. The summed E-state index contributed by atoms with van der Waals surface area (Å²) in [4.78, 5) is 12.2. The first-order chi connectivity index (χ1) is 12.6. The first kappa shape index (κ1) is 19.4. The van der Waals surface area contributed by atoms with Crippen LogP contribution in [0.25, 0.3) is 0 Å². The summed E-state index contributed by atoms with van der Waals surface area (Å²) in [5.74, 6) is 0. The van der Waals surface area contributed by atoms with Gasteiger partial charge in [-0.3, -0.25) is 10.1 Å². The third-order valence-electron chi connectivity index (χ3n) is 3.72. The van der Waals surface area contributed by atoms with Crippen LogP contribution in [0.5, 0.6) is 0 Å². The Morgan fingerprint density at radius 1 is 1.04 bits per heavy atom. The Kier molecular flexibility index (Phi) is 7.15. The van der Waals surface area contributed by atoms with E-state index in [-0.39, 0.29) is 25.4 Å². The average Bonchev–Trinajstić information content (AvgIpc) is 2.66. The Bertz CT molecular complexity index is 758. The van der Waals surface area contributed by atoms with Gasteiger partial charge in [-0.2, -0.15) is 10.2 Å². The van der Waals surface area contributed by atoms with E-state index in [1.165, 1.54) is 18.2 Å². The third kappa shape index (κ3) is 5.06. The van der Waals surface area contributed by atoms with Gasteiger partial charge in [-0.05, 0) is 30.3 Å². The van der Waals surface area contributed by atoms with Crippen LogP contribution in [0.4, 0.5) is 22.7 Å². The van der Waals surface area contributed by atoms with Crippen molar-refractivity contribution in [1.29, 1.82) is 0 Å². The molecule has 0 atom stereocenters. The Hall–Kier alpha value is -2.88. The molecule has 138 valence electrons. The highest BCUT2D eigenvalue weighted by atomic mass is 16.6. The molecular weight excluding hydrogens is 338 g/mol. The van der Waals surface area contributed by atoms with E-state index in [0.717, 1.165) is 5.69 Å². The van der Waals surface area contributed by atoms with Gasteiger partial charge >= 0.3 is 0 Å². The summed E-state index contributed by atoms with van der Waals surface area (Å²) in [6.45, 7) is 0.938. The van der Waals surface area contributed by atoms with E-state index in [2.05, 4.69) is 10.2 Å². The molecule has 0 spiro atoms. The lowest BCUT2D eigenvalue weighted by Gasteiger charge is -2.22. The van der Waals surface area contributed by atoms with Gasteiger partial charge in [0.15, 0.2) is 0 Å². The largest absolute Gasteiger partial charge is 0.395 e. The fraction of sp³-hybridized carbons (Fsp3) is 0.294. The molecule has 0 unspecified atom stereocenters. The van der Waals surface area contributed by atoms with E-state index < -0.39 is 4.92 Å². The van der Waals surface area contributed by atoms with Crippen molar-refractivity contribution in [3.63, 3.8) is 0 Å². The smallest absolute Gasteiger partial charge is 0.269 e. The van der Waals surface area contributed by atoms with Crippen LogP contribution in [0, 0.1) is 10.1 Å². The molecule has 0 saturated heterocycles. The summed E-state index contributed by atoms with van der Waals surface area (Å²) in [6, 6.07) is 11.4. The van der Waals surface area contributed by atoms with Gasteiger partial charge in [0.1, 0.15) is 0 Å². The van der Waals surface area contributed by atoms with Crippen molar-refractivity contribution in [3.05, 3.63) is 58.1 Å². The highest BCUT2D eigenvalue weighted by Crippen LogP contribution is 2.27. The third-order valence-corrected chi connectivity index (χ3v) is 3.72. The molecule has 2 aromatic carbocycles. The van der Waals surface area contributed by atoms with Crippen LogP contribution < -0.4 is 10.6 Å². The minimum atomic E-state index is -0.483. The van der Waals surface area contributed by atoms with Crippen molar-refractivity contribution in [2.45, 2.75) is 6.54 Å². The van der Waals surface area contributed by atoms with E-state index in [9.17, 15) is 10.1 Å². The number of nitrogens with zero attached hydrogens (tertiary/aromatic N) is 4. The topological polar surface area (TPSA) is 138 Å². The van der Waals surface area contributed by atoms with Crippen LogP contribution in [0.15, 0.2) is 52.7 Å². The first-order valence-corrected chi connectivity index (χ1v) is 8.05. The van der Waals surface area contributed by atoms with E-state index >= 15 is 0 Å². The number of non-ortho nitro benzene ring substituents is 1. The monoisotopic (exact) mass is 359 g/mol. The minimum Gasteiger partial charge on any atom is -0.395 e. The number of benzene rings is 2. The second-order valence-electron chi connectivity index (χ2n) is 5.42. The number of aliphatic hydroxyl groups excluding tert-OH is 2. The first-order valence-electron chi connectivity index (χ1n) is 8.05. The molecule has 0 heterocycles. The number of nitrogens with two attached hydrogens (primary N) is 1. The Morgan fingerprint density at radius 2 is 1.69 bits per heavy atom. The van der Waals surface area contributed by atoms with Gasteiger partial charge in [0.2, 0.25) is 0 Å². The molecule has 0 aromatic heterocycles. The zero-order valence-electron chi connectivity index (χ0n) is 14.2. The Balaban J connectivity index is 2.16. The molecule has 2 aromatic rings. The molecule has 0 bridgehead atoms. The average molecular weight is 359 g/mol. The lowest BCUT2D eigenvalue weighted by molar-refractivity contribution is -0.384. The molecule has 0 aliphatic rings. The number of nitro benzene ring substituents is 1. The lowest BCUT2D eigenvalue weighted by Crippen LogP contribution is -2.29. The highest BCUT2D eigenvalue weighted by molar-refractivity contribution is 5.54. The maximum atomic E-state index is 10.8. The van der Waals surface area contributed by atoms with Crippen molar-refractivity contribution in [2.75, 3.05) is 31.2 Å². The molecule has 0 aliphatic carbocycles. The molecule has 2 rings (SSSR count). The zero-order valence-corrected chi connectivity index (χ0v) is 14.2. The molecule has 0 radical (unpaired) electrons. The van der Waals surface area contributed by atoms with E-state index in [4.69, 9.17) is 15.9 Å². The van der Waals surface area contributed by atoms with Crippen molar-refractivity contribution in [3.8, 4) is 0 Å². The van der Waals surface area contributed by atoms with Gasteiger partial charge in [0.25, 0.3) is 5.69 Å². The summed E-state index contributed by atoms with van der Waals surface area (Å²) in [5.41, 5.74) is 8.05. The predicted molar refractivity (Wildman–Crippen MR) is 98.0 cm³/mol. The fourth-order valence-electron chi connectivity index (χ4n) is 2.40. The second kappa shape index (κ2) is 9.56. The number of hydrogen-bond donors (Lipinski definition) is 3. The predicted octanol–water partition coefficient (Wildman–Crippen LogP) is 2.26. The SMILES string of the molecule is NCc1cc([N+](=O)[O-])ccc1N=Nc1ccc(N(CCO)CCO)cc1. The number of nitro groups is 1. The Labute approximate surface area is 150 Å². The van der Waals surface area contributed by atoms with Gasteiger partial charge in [0.05, 0.1) is 29.5 Å². The number of hydrogen-bond acceptors (Lipinski definition) is 8. The standard InChI is InChI=1S/C17H21N5O4/c18-12-13-11-16(22(25)26)5-6-17(13)20-19-14-1-3-15(4-2-14)21(7-9-23)8-10-24/h1-6,11,23-24H,7-10,12,18H2. The molecular formula is C17H21N5O4. The van der Waals surface area contributed by atoms with Gasteiger partial charge < -0.3 is 20.8 Å². The van der Waals surface area contributed by atoms with Crippen LogP contribution in [0.1, 0.15) is 5.56 Å². The fourth-order valence-corrected chi connectivity index (χ4v) is 2.40. The van der Waals surface area contributed by atoms with E-state index in [0.29, 0.717) is 30.0 Å². The summed E-state index contributed by atoms with van der Waals surface area (Å²) >= 11 is 0. The van der Waals surface area contributed by atoms with Crippen LogP contribution in [0.2, 0.25) is 0 Å². The van der Waals surface area contributed by atoms with E-state index in [1.807, 2.05) is 17.0 Å². The number of azo groups is 1. The zero-order chi connectivity index (χ0) is 18.9. The summed E-state index contributed by atoms with van der Waals surface area (Å²) < 4.78 is 0. The van der Waals surface area contributed by atoms with Crippen LogP contribution >= 0.6 is 0 Å². The molecule has 0 fully saturated rings. The molecule has 0 aliphatic heterocycles. The number of anilines is 1. The van der Waals surface area contributed by atoms with Crippen LogP contribution in [0.3, 0.4) is 0 Å². The number of rotatable bonds is 9. The van der Waals surface area contributed by atoms with E-state index in [1.54, 1.807) is 12.1 Å². The molecule has 9 nitrogen and oxygen atoms in total. The minimum absolute atomic E-state index is 0.0104. The summed E-state index contributed by atoms with van der Waals surface area (Å²) in [6.07, 6.45) is 0. The quantitative estimate of drug-likeness (QED) is 0.357. The Morgan fingerprint density at radius 3 is 2.23 bits per heavy atom.